The lowest BCUT2D eigenvalue weighted by atomic mass is 10.3. The number of rotatable bonds is 2. The molecule has 2 N–H and O–H groups in total. The lowest BCUT2D eigenvalue weighted by molar-refractivity contribution is 0.695. The molecular formula is C11H12N4. The van der Waals surface area contributed by atoms with E-state index in [1.165, 1.54) is 0 Å². The molecule has 4 nitrogen and oxygen atoms in total. The van der Waals surface area contributed by atoms with E-state index in [0.29, 0.717) is 11.6 Å². The monoisotopic (exact) mass is 200 g/mol. The second-order valence-corrected chi connectivity index (χ2v) is 4.20. The fourth-order valence-corrected chi connectivity index (χ4v) is 2.38. The van der Waals surface area contributed by atoms with Crippen molar-refractivity contribution < 1.29 is 0 Å². The number of nitrogens with one attached hydrogen (secondary N) is 2. The van der Waals surface area contributed by atoms with Crippen LogP contribution in [0, 0.1) is 23.2 Å². The third kappa shape index (κ3) is 1.45. The van der Waals surface area contributed by atoms with E-state index in [1.54, 1.807) is 12.3 Å². The predicted octanol–water partition coefficient (Wildman–Crippen LogP) is 0.583. The van der Waals surface area contributed by atoms with Crippen LogP contribution in [-0.2, 0) is 0 Å². The van der Waals surface area contributed by atoms with E-state index >= 15 is 0 Å². The van der Waals surface area contributed by atoms with Crippen LogP contribution in [0.25, 0.3) is 0 Å². The number of piperidine rings is 1. The first kappa shape index (κ1) is 8.69. The zero-order valence-electron chi connectivity index (χ0n) is 8.27. The molecule has 1 saturated heterocycles. The zero-order chi connectivity index (χ0) is 10.3. The molecule has 2 heterocycles. The van der Waals surface area contributed by atoms with E-state index in [4.69, 9.17) is 5.26 Å². The fraction of sp³-hybridized carbons (Fsp3) is 0.455. The Morgan fingerprint density at radius 1 is 1.47 bits per heavy atom. The standard InChI is InChI=1S/C11H12N4/c12-4-7-1-2-14-10(3-7)15-11-8-5-13-6-9(8)11/h1-3,8-9,11,13H,5-6H2,(H,14,15). The van der Waals surface area contributed by atoms with Crippen LogP contribution >= 0.6 is 0 Å². The van der Waals surface area contributed by atoms with E-state index in [2.05, 4.69) is 21.7 Å². The Morgan fingerprint density at radius 3 is 3.00 bits per heavy atom. The predicted molar refractivity (Wildman–Crippen MR) is 56.2 cm³/mol. The first-order valence-corrected chi connectivity index (χ1v) is 5.22. The third-order valence-electron chi connectivity index (χ3n) is 3.30. The zero-order valence-corrected chi connectivity index (χ0v) is 8.27. The molecule has 0 spiro atoms. The molecule has 76 valence electrons. The van der Waals surface area contributed by atoms with Gasteiger partial charge in [0.25, 0.3) is 0 Å². The first-order chi connectivity index (χ1) is 7.38. The Balaban J connectivity index is 1.70. The lowest BCUT2D eigenvalue weighted by Crippen LogP contribution is -2.21. The minimum absolute atomic E-state index is 0.563. The molecule has 0 radical (unpaired) electrons. The second-order valence-electron chi connectivity index (χ2n) is 4.20. The van der Waals surface area contributed by atoms with Gasteiger partial charge >= 0.3 is 0 Å². The summed E-state index contributed by atoms with van der Waals surface area (Å²) in [5, 5.41) is 15.5. The lowest BCUT2D eigenvalue weighted by Gasteiger charge is -2.07. The average molecular weight is 200 g/mol. The van der Waals surface area contributed by atoms with Gasteiger partial charge in [-0.3, -0.25) is 0 Å². The number of hydrogen-bond donors (Lipinski definition) is 2. The van der Waals surface area contributed by atoms with Crippen molar-refractivity contribution in [1.29, 1.82) is 5.26 Å². The maximum atomic E-state index is 8.76. The van der Waals surface area contributed by atoms with E-state index in [-0.39, 0.29) is 0 Å². The molecule has 1 saturated carbocycles. The van der Waals surface area contributed by atoms with E-state index < -0.39 is 0 Å². The highest BCUT2D eigenvalue weighted by Gasteiger charge is 2.53. The first-order valence-electron chi connectivity index (χ1n) is 5.22. The maximum absolute atomic E-state index is 8.76. The highest BCUT2D eigenvalue weighted by atomic mass is 15.1. The molecule has 1 aliphatic carbocycles. The van der Waals surface area contributed by atoms with Crippen LogP contribution in [-0.4, -0.2) is 24.1 Å². The average Bonchev–Trinajstić information content (AvgIpc) is 2.75. The summed E-state index contributed by atoms with van der Waals surface area (Å²) in [6, 6.07) is 6.21. The third-order valence-corrected chi connectivity index (χ3v) is 3.30. The minimum Gasteiger partial charge on any atom is -0.367 e. The highest BCUT2D eigenvalue weighted by Crippen LogP contribution is 2.43. The summed E-state index contributed by atoms with van der Waals surface area (Å²) in [6.07, 6.45) is 1.68. The normalized spacial score (nSPS) is 31.8. The van der Waals surface area contributed by atoms with Crippen molar-refractivity contribution in [3.63, 3.8) is 0 Å². The van der Waals surface area contributed by atoms with Crippen molar-refractivity contribution in [3.8, 4) is 6.07 Å². The number of pyridine rings is 1. The number of nitriles is 1. The number of nitrogens with zero attached hydrogens (tertiary/aromatic N) is 2. The molecule has 1 aromatic heterocycles. The van der Waals surface area contributed by atoms with Crippen LogP contribution < -0.4 is 10.6 Å². The molecule has 2 aliphatic rings. The molecule has 0 bridgehead atoms. The smallest absolute Gasteiger partial charge is 0.127 e. The molecule has 2 fully saturated rings. The van der Waals surface area contributed by atoms with E-state index in [9.17, 15) is 0 Å². The van der Waals surface area contributed by atoms with Gasteiger partial charge in [0.1, 0.15) is 5.82 Å². The summed E-state index contributed by atoms with van der Waals surface area (Å²) >= 11 is 0. The van der Waals surface area contributed by atoms with Gasteiger partial charge in [0.2, 0.25) is 0 Å². The summed E-state index contributed by atoms with van der Waals surface area (Å²) in [4.78, 5) is 4.21. The Kier molecular flexibility index (Phi) is 1.86. The largest absolute Gasteiger partial charge is 0.367 e. The van der Waals surface area contributed by atoms with Crippen LogP contribution in [0.5, 0.6) is 0 Å². The van der Waals surface area contributed by atoms with Gasteiger partial charge in [-0.1, -0.05) is 0 Å². The van der Waals surface area contributed by atoms with E-state index in [1.807, 2.05) is 6.07 Å². The molecular weight excluding hydrogens is 188 g/mol. The van der Waals surface area contributed by atoms with Crippen molar-refractivity contribution in [1.82, 2.24) is 10.3 Å². The topological polar surface area (TPSA) is 60.7 Å². The summed E-state index contributed by atoms with van der Waals surface area (Å²) in [7, 11) is 0. The van der Waals surface area contributed by atoms with Gasteiger partial charge in [0.15, 0.2) is 0 Å². The molecule has 0 aromatic carbocycles. The van der Waals surface area contributed by atoms with Crippen LogP contribution in [0.1, 0.15) is 5.56 Å². The Labute approximate surface area is 88.3 Å². The second kappa shape index (κ2) is 3.21. The number of anilines is 1. The molecule has 2 unspecified atom stereocenters. The van der Waals surface area contributed by atoms with Crippen LogP contribution in [0.2, 0.25) is 0 Å². The van der Waals surface area contributed by atoms with Crippen molar-refractivity contribution in [2.75, 3.05) is 18.4 Å². The van der Waals surface area contributed by atoms with E-state index in [0.717, 1.165) is 30.7 Å². The Hall–Kier alpha value is -1.60. The number of aromatic nitrogens is 1. The van der Waals surface area contributed by atoms with Gasteiger partial charge in [-0.2, -0.15) is 5.26 Å². The van der Waals surface area contributed by atoms with Gasteiger partial charge in [-0.15, -0.1) is 0 Å². The Morgan fingerprint density at radius 2 is 2.27 bits per heavy atom. The fourth-order valence-electron chi connectivity index (χ4n) is 2.38. The molecule has 4 heteroatoms. The van der Waals surface area contributed by atoms with Gasteiger partial charge in [0, 0.05) is 25.3 Å². The van der Waals surface area contributed by atoms with Crippen LogP contribution in [0.15, 0.2) is 18.3 Å². The molecule has 1 aromatic rings. The van der Waals surface area contributed by atoms with Crippen molar-refractivity contribution in [3.05, 3.63) is 23.9 Å². The molecule has 3 rings (SSSR count). The number of fused-ring (bicyclic) bond motifs is 1. The number of hydrogen-bond acceptors (Lipinski definition) is 4. The Bertz CT molecular complexity index is 413. The summed E-state index contributed by atoms with van der Waals surface area (Å²) in [5.41, 5.74) is 0.663. The highest BCUT2D eigenvalue weighted by molar-refractivity contribution is 5.45. The summed E-state index contributed by atoms with van der Waals surface area (Å²) in [6.45, 7) is 2.22. The van der Waals surface area contributed by atoms with Crippen LogP contribution in [0.4, 0.5) is 5.82 Å². The maximum Gasteiger partial charge on any atom is 0.127 e. The SMILES string of the molecule is N#Cc1ccnc(NC2C3CNCC32)c1. The molecule has 2 atom stereocenters. The van der Waals surface area contributed by atoms with Gasteiger partial charge < -0.3 is 10.6 Å². The minimum atomic E-state index is 0.563. The van der Waals surface area contributed by atoms with Gasteiger partial charge in [-0.05, 0) is 24.0 Å². The van der Waals surface area contributed by atoms with Gasteiger partial charge in [0.05, 0.1) is 11.6 Å². The summed E-state index contributed by atoms with van der Waals surface area (Å²) < 4.78 is 0. The van der Waals surface area contributed by atoms with Crippen molar-refractivity contribution in [2.45, 2.75) is 6.04 Å². The quantitative estimate of drug-likeness (QED) is 0.733. The molecule has 0 amide bonds. The van der Waals surface area contributed by atoms with Gasteiger partial charge in [-0.25, -0.2) is 4.98 Å². The van der Waals surface area contributed by atoms with Crippen molar-refractivity contribution in [2.24, 2.45) is 11.8 Å². The summed E-state index contributed by atoms with van der Waals surface area (Å²) in [5.74, 6) is 2.35. The van der Waals surface area contributed by atoms with Crippen LogP contribution in [0.3, 0.4) is 0 Å². The molecule has 1 aliphatic heterocycles. The van der Waals surface area contributed by atoms with Crippen molar-refractivity contribution >= 4 is 5.82 Å². The molecule has 15 heavy (non-hydrogen) atoms.